The fourth-order valence-electron chi connectivity index (χ4n) is 2.06. The predicted molar refractivity (Wildman–Crippen MR) is 86.3 cm³/mol. The highest BCUT2D eigenvalue weighted by Crippen LogP contribution is 2.25. The number of hydrogen-bond donors (Lipinski definition) is 2. The minimum Gasteiger partial charge on any atom is -0.325 e. The first-order chi connectivity index (χ1) is 9.44. The number of anilines is 2. The fourth-order valence-corrected chi connectivity index (χ4v) is 3.63. The maximum absolute atomic E-state index is 11.8. The molecule has 21 heavy (non-hydrogen) atoms. The molecular weight excluding hydrogens is 314 g/mol. The first-order valence-electron chi connectivity index (χ1n) is 6.61. The molecule has 0 radical (unpaired) electrons. The van der Waals surface area contributed by atoms with Gasteiger partial charge in [0, 0.05) is 12.2 Å². The van der Waals surface area contributed by atoms with Crippen LogP contribution in [0.2, 0.25) is 0 Å². The quantitative estimate of drug-likeness (QED) is 0.869. The third kappa shape index (κ3) is 4.09. The summed E-state index contributed by atoms with van der Waals surface area (Å²) in [6, 6.07) is 6.22. The van der Waals surface area contributed by atoms with Gasteiger partial charge < -0.3 is 11.1 Å². The Bertz CT molecular complexity index is 589. The van der Waals surface area contributed by atoms with Crippen molar-refractivity contribution >= 4 is 39.7 Å². The average Bonchev–Trinajstić information content (AvgIpc) is 2.78. The van der Waals surface area contributed by atoms with Crippen LogP contribution < -0.4 is 15.4 Å². The first-order valence-corrected chi connectivity index (χ1v) is 8.22. The average molecular weight is 334 g/mol. The zero-order chi connectivity index (χ0) is 14.8. The van der Waals surface area contributed by atoms with E-state index in [9.17, 15) is 13.2 Å². The summed E-state index contributed by atoms with van der Waals surface area (Å²) in [5, 5.41) is 2.70. The Morgan fingerprint density at radius 3 is 2.48 bits per heavy atom. The Kier molecular flexibility index (Phi) is 6.00. The van der Waals surface area contributed by atoms with E-state index in [1.165, 1.54) is 4.31 Å². The molecule has 1 aliphatic rings. The Hall–Kier alpha value is -1.31. The number of carbonyl (C=O) groups excluding carboxylic acids is 1. The lowest BCUT2D eigenvalue weighted by atomic mass is 10.2. The molecule has 118 valence electrons. The molecule has 8 heteroatoms. The van der Waals surface area contributed by atoms with E-state index in [1.54, 1.807) is 24.3 Å². The third-order valence-corrected chi connectivity index (χ3v) is 5.17. The van der Waals surface area contributed by atoms with Crippen LogP contribution in [0.5, 0.6) is 0 Å². The molecule has 6 nitrogen and oxygen atoms in total. The van der Waals surface area contributed by atoms with Crippen LogP contribution >= 0.6 is 12.4 Å². The number of halogens is 1. The molecule has 1 aromatic carbocycles. The standard InChI is InChI=1S/C13H19N3O3S.ClH/c1-2-12(14)13(17)15-10-4-6-11(7-5-10)16-8-3-9-20(16,18)19;/h4-7,12H,2-3,8-9,14H2,1H3,(H,15,17);1H/t12-;/m0./s1. The lowest BCUT2D eigenvalue weighted by molar-refractivity contribution is -0.117. The number of carbonyl (C=O) groups is 1. The Morgan fingerprint density at radius 1 is 1.38 bits per heavy atom. The van der Waals surface area contributed by atoms with Crippen molar-refractivity contribution in [2.45, 2.75) is 25.8 Å². The number of sulfonamides is 1. The van der Waals surface area contributed by atoms with E-state index in [1.807, 2.05) is 6.92 Å². The van der Waals surface area contributed by atoms with Crippen molar-refractivity contribution in [1.82, 2.24) is 0 Å². The molecule has 1 saturated heterocycles. The summed E-state index contributed by atoms with van der Waals surface area (Å²) in [5.41, 5.74) is 6.87. The summed E-state index contributed by atoms with van der Waals surface area (Å²) in [4.78, 5) is 11.6. The molecule has 0 aliphatic carbocycles. The molecule has 1 aromatic rings. The van der Waals surface area contributed by atoms with Gasteiger partial charge in [-0.3, -0.25) is 9.10 Å². The lowest BCUT2D eigenvalue weighted by Gasteiger charge is -2.17. The maximum atomic E-state index is 11.8. The van der Waals surface area contributed by atoms with Crippen LogP contribution in [0.1, 0.15) is 19.8 Å². The Balaban J connectivity index is 0.00000220. The van der Waals surface area contributed by atoms with Gasteiger partial charge in [0.15, 0.2) is 0 Å². The maximum Gasteiger partial charge on any atom is 0.241 e. The molecule has 3 N–H and O–H groups in total. The second-order valence-electron chi connectivity index (χ2n) is 4.79. The monoisotopic (exact) mass is 333 g/mol. The number of nitrogens with zero attached hydrogens (tertiary/aromatic N) is 1. The number of nitrogens with one attached hydrogen (secondary N) is 1. The van der Waals surface area contributed by atoms with Crippen molar-refractivity contribution in [3.8, 4) is 0 Å². The highest BCUT2D eigenvalue weighted by Gasteiger charge is 2.28. The molecular formula is C13H20ClN3O3S. The van der Waals surface area contributed by atoms with Gasteiger partial charge in [0.2, 0.25) is 15.9 Å². The summed E-state index contributed by atoms with van der Waals surface area (Å²) < 4.78 is 25.0. The Morgan fingerprint density at radius 2 is 2.00 bits per heavy atom. The zero-order valence-corrected chi connectivity index (χ0v) is 13.4. The smallest absolute Gasteiger partial charge is 0.241 e. The van der Waals surface area contributed by atoms with Crippen LogP contribution in [-0.4, -0.2) is 32.7 Å². The van der Waals surface area contributed by atoms with E-state index in [0.717, 1.165) is 0 Å². The van der Waals surface area contributed by atoms with Gasteiger partial charge in [-0.05, 0) is 37.1 Å². The number of nitrogens with two attached hydrogens (primary N) is 1. The topological polar surface area (TPSA) is 92.5 Å². The van der Waals surface area contributed by atoms with E-state index in [0.29, 0.717) is 30.8 Å². The van der Waals surface area contributed by atoms with Crippen molar-refractivity contribution in [2.75, 3.05) is 21.9 Å². The molecule has 1 amide bonds. The van der Waals surface area contributed by atoms with E-state index >= 15 is 0 Å². The van der Waals surface area contributed by atoms with Crippen molar-refractivity contribution < 1.29 is 13.2 Å². The van der Waals surface area contributed by atoms with E-state index in [-0.39, 0.29) is 24.1 Å². The number of amides is 1. The zero-order valence-electron chi connectivity index (χ0n) is 11.8. The fraction of sp³-hybridized carbons (Fsp3) is 0.462. The molecule has 0 saturated carbocycles. The molecule has 0 spiro atoms. The molecule has 0 unspecified atom stereocenters. The summed E-state index contributed by atoms with van der Waals surface area (Å²) in [7, 11) is -3.17. The van der Waals surface area contributed by atoms with Crippen LogP contribution in [0.15, 0.2) is 24.3 Å². The number of hydrogen-bond acceptors (Lipinski definition) is 4. The van der Waals surface area contributed by atoms with E-state index < -0.39 is 16.1 Å². The van der Waals surface area contributed by atoms with Crippen LogP contribution in [0.4, 0.5) is 11.4 Å². The molecule has 1 aliphatic heterocycles. The molecule has 1 atom stereocenters. The Labute approximate surface area is 131 Å². The van der Waals surface area contributed by atoms with Gasteiger partial charge in [0.05, 0.1) is 17.5 Å². The van der Waals surface area contributed by atoms with E-state index in [2.05, 4.69) is 5.32 Å². The van der Waals surface area contributed by atoms with E-state index in [4.69, 9.17) is 5.73 Å². The van der Waals surface area contributed by atoms with Crippen LogP contribution in [-0.2, 0) is 14.8 Å². The SMILES string of the molecule is CC[C@H](N)C(=O)Nc1ccc(N2CCCS2(=O)=O)cc1.Cl. The van der Waals surface area contributed by atoms with Crippen molar-refractivity contribution in [3.63, 3.8) is 0 Å². The molecule has 2 rings (SSSR count). The second-order valence-corrected chi connectivity index (χ2v) is 6.81. The second kappa shape index (κ2) is 7.11. The first kappa shape index (κ1) is 17.7. The minimum atomic E-state index is -3.17. The lowest BCUT2D eigenvalue weighted by Crippen LogP contribution is -2.34. The third-order valence-electron chi connectivity index (χ3n) is 3.30. The highest BCUT2D eigenvalue weighted by atomic mass is 35.5. The van der Waals surface area contributed by atoms with Crippen LogP contribution in [0.25, 0.3) is 0 Å². The van der Waals surface area contributed by atoms with Gasteiger partial charge >= 0.3 is 0 Å². The van der Waals surface area contributed by atoms with Gasteiger partial charge in [-0.1, -0.05) is 6.92 Å². The number of benzene rings is 1. The number of rotatable bonds is 4. The molecule has 1 heterocycles. The minimum absolute atomic E-state index is 0. The summed E-state index contributed by atoms with van der Waals surface area (Å²) >= 11 is 0. The highest BCUT2D eigenvalue weighted by molar-refractivity contribution is 7.93. The van der Waals surface area contributed by atoms with Crippen molar-refractivity contribution in [1.29, 1.82) is 0 Å². The van der Waals surface area contributed by atoms with Gasteiger partial charge in [-0.25, -0.2) is 8.42 Å². The van der Waals surface area contributed by atoms with Gasteiger partial charge in [-0.2, -0.15) is 0 Å². The molecule has 1 fully saturated rings. The van der Waals surface area contributed by atoms with Crippen molar-refractivity contribution in [3.05, 3.63) is 24.3 Å². The summed E-state index contributed by atoms with van der Waals surface area (Å²) in [5.74, 6) is -0.0503. The summed E-state index contributed by atoms with van der Waals surface area (Å²) in [6.45, 7) is 2.35. The predicted octanol–water partition coefficient (Wildman–Crippen LogP) is 1.32. The van der Waals surface area contributed by atoms with Crippen LogP contribution in [0, 0.1) is 0 Å². The normalized spacial score (nSPS) is 17.9. The van der Waals surface area contributed by atoms with Crippen LogP contribution in [0.3, 0.4) is 0 Å². The van der Waals surface area contributed by atoms with Gasteiger partial charge in [-0.15, -0.1) is 12.4 Å². The van der Waals surface area contributed by atoms with Crippen molar-refractivity contribution in [2.24, 2.45) is 5.73 Å². The summed E-state index contributed by atoms with van der Waals surface area (Å²) in [6.07, 6.45) is 1.21. The molecule has 0 aromatic heterocycles. The largest absolute Gasteiger partial charge is 0.325 e. The van der Waals surface area contributed by atoms with Gasteiger partial charge in [0.1, 0.15) is 0 Å². The molecule has 0 bridgehead atoms. The van der Waals surface area contributed by atoms with Gasteiger partial charge in [0.25, 0.3) is 0 Å².